The molecule has 22 heavy (non-hydrogen) atoms. The molecule has 1 heterocycles. The zero-order valence-corrected chi connectivity index (χ0v) is 13.8. The largest absolute Gasteiger partial charge is 0.314 e. The van der Waals surface area contributed by atoms with Gasteiger partial charge in [0.2, 0.25) is 10.0 Å². The van der Waals surface area contributed by atoms with Gasteiger partial charge in [0.25, 0.3) is 0 Å². The van der Waals surface area contributed by atoms with Gasteiger partial charge in [-0.1, -0.05) is 11.6 Å². The average Bonchev–Trinajstić information content (AvgIpc) is 2.53. The van der Waals surface area contributed by atoms with Crippen LogP contribution in [0, 0.1) is 11.3 Å². The van der Waals surface area contributed by atoms with Crippen molar-refractivity contribution in [3.05, 3.63) is 28.8 Å². The normalized spacial score (nSPS) is 16.4. The summed E-state index contributed by atoms with van der Waals surface area (Å²) in [6, 6.07) is 6.00. The van der Waals surface area contributed by atoms with Gasteiger partial charge < -0.3 is 10.2 Å². The lowest BCUT2D eigenvalue weighted by Crippen LogP contribution is -2.44. The summed E-state index contributed by atoms with van der Waals surface area (Å²) >= 11 is 5.81. The first-order chi connectivity index (χ1) is 10.5. The Morgan fingerprint density at radius 1 is 1.36 bits per heavy atom. The van der Waals surface area contributed by atoms with Gasteiger partial charge in [0.1, 0.15) is 6.07 Å². The summed E-state index contributed by atoms with van der Waals surface area (Å²) in [7, 11) is -3.60. The lowest BCUT2D eigenvalue weighted by molar-refractivity contribution is 0.239. The number of sulfonamides is 1. The first-order valence-electron chi connectivity index (χ1n) is 7.15. The Balaban J connectivity index is 1.87. The van der Waals surface area contributed by atoms with Crippen LogP contribution in [0.15, 0.2) is 23.1 Å². The van der Waals surface area contributed by atoms with Crippen LogP contribution in [0.25, 0.3) is 0 Å². The third-order valence-corrected chi connectivity index (χ3v) is 5.31. The number of nitriles is 1. The monoisotopic (exact) mass is 342 g/mol. The summed E-state index contributed by atoms with van der Waals surface area (Å²) in [4.78, 5) is 2.37. The fourth-order valence-corrected chi connectivity index (χ4v) is 3.54. The molecule has 1 aliphatic heterocycles. The standard InChI is InChI=1S/C14H19ClN4O2S/c15-14-3-2-13(10-12(14)11-16)22(20,21)18-4-1-7-19-8-5-17-6-9-19/h2-3,10,17-18H,1,4-9H2. The molecule has 0 aromatic heterocycles. The minimum Gasteiger partial charge on any atom is -0.314 e. The molecule has 0 bridgehead atoms. The zero-order chi connectivity index (χ0) is 16.0. The summed E-state index contributed by atoms with van der Waals surface area (Å²) in [5.74, 6) is 0. The molecule has 1 aromatic carbocycles. The van der Waals surface area contributed by atoms with Crippen LogP contribution in [0.2, 0.25) is 5.02 Å². The van der Waals surface area contributed by atoms with Crippen molar-refractivity contribution in [1.29, 1.82) is 5.26 Å². The van der Waals surface area contributed by atoms with Crippen LogP contribution in [-0.4, -0.2) is 52.6 Å². The van der Waals surface area contributed by atoms with Gasteiger partial charge in [0.15, 0.2) is 0 Å². The maximum atomic E-state index is 12.2. The molecule has 0 spiro atoms. The van der Waals surface area contributed by atoms with Crippen LogP contribution in [0.3, 0.4) is 0 Å². The highest BCUT2D eigenvalue weighted by Crippen LogP contribution is 2.19. The van der Waals surface area contributed by atoms with E-state index in [1.807, 2.05) is 6.07 Å². The Morgan fingerprint density at radius 3 is 2.77 bits per heavy atom. The quantitative estimate of drug-likeness (QED) is 0.746. The molecule has 0 radical (unpaired) electrons. The topological polar surface area (TPSA) is 85.2 Å². The lowest BCUT2D eigenvalue weighted by atomic mass is 10.2. The van der Waals surface area contributed by atoms with Gasteiger partial charge in [-0.25, -0.2) is 13.1 Å². The van der Waals surface area contributed by atoms with Crippen LogP contribution in [0.5, 0.6) is 0 Å². The van der Waals surface area contributed by atoms with E-state index in [0.717, 1.165) is 39.1 Å². The number of halogens is 1. The van der Waals surface area contributed by atoms with E-state index in [9.17, 15) is 8.42 Å². The van der Waals surface area contributed by atoms with Gasteiger partial charge in [0, 0.05) is 32.7 Å². The Morgan fingerprint density at radius 2 is 2.09 bits per heavy atom. The van der Waals surface area contributed by atoms with Crippen molar-refractivity contribution in [1.82, 2.24) is 14.9 Å². The molecule has 1 aromatic rings. The predicted octanol–water partition coefficient (Wildman–Crippen LogP) is 0.785. The second kappa shape index (κ2) is 7.90. The van der Waals surface area contributed by atoms with Crippen LogP contribution >= 0.6 is 11.6 Å². The highest BCUT2D eigenvalue weighted by atomic mass is 35.5. The predicted molar refractivity (Wildman–Crippen MR) is 85.3 cm³/mol. The van der Waals surface area contributed by atoms with E-state index in [0.29, 0.717) is 6.54 Å². The van der Waals surface area contributed by atoms with Gasteiger partial charge in [-0.3, -0.25) is 0 Å². The maximum absolute atomic E-state index is 12.2. The van der Waals surface area contributed by atoms with E-state index in [1.54, 1.807) is 0 Å². The van der Waals surface area contributed by atoms with Crippen LogP contribution in [0.1, 0.15) is 12.0 Å². The molecule has 0 saturated carbocycles. The van der Waals surface area contributed by atoms with E-state index in [-0.39, 0.29) is 15.5 Å². The number of benzene rings is 1. The molecule has 0 unspecified atom stereocenters. The summed E-state index contributed by atoms with van der Waals surface area (Å²) in [5.41, 5.74) is 0.158. The average molecular weight is 343 g/mol. The summed E-state index contributed by atoms with van der Waals surface area (Å²) in [6.07, 6.45) is 0.748. The molecule has 2 N–H and O–H groups in total. The second-order valence-electron chi connectivity index (χ2n) is 5.10. The Kier molecular flexibility index (Phi) is 6.17. The third-order valence-electron chi connectivity index (χ3n) is 3.52. The third kappa shape index (κ3) is 4.66. The maximum Gasteiger partial charge on any atom is 0.240 e. The molecule has 0 amide bonds. The highest BCUT2D eigenvalue weighted by molar-refractivity contribution is 7.89. The Hall–Kier alpha value is -1.17. The molecular formula is C14H19ClN4O2S. The number of piperazine rings is 1. The minimum absolute atomic E-state index is 0.0654. The lowest BCUT2D eigenvalue weighted by Gasteiger charge is -2.27. The molecule has 2 rings (SSSR count). The van der Waals surface area contributed by atoms with Gasteiger partial charge in [-0.05, 0) is 31.2 Å². The Bertz CT molecular complexity index is 651. The van der Waals surface area contributed by atoms with Crippen LogP contribution < -0.4 is 10.0 Å². The second-order valence-corrected chi connectivity index (χ2v) is 7.27. The number of hydrogen-bond donors (Lipinski definition) is 2. The smallest absolute Gasteiger partial charge is 0.240 e. The summed E-state index contributed by atoms with van der Waals surface area (Å²) in [5, 5.41) is 12.4. The van der Waals surface area contributed by atoms with Crippen molar-refractivity contribution in [2.24, 2.45) is 0 Å². The number of nitrogens with one attached hydrogen (secondary N) is 2. The molecule has 8 heteroatoms. The van der Waals surface area contributed by atoms with Gasteiger partial charge in [-0.15, -0.1) is 0 Å². The SMILES string of the molecule is N#Cc1cc(S(=O)(=O)NCCCN2CCNCC2)ccc1Cl. The molecule has 1 fully saturated rings. The van der Waals surface area contributed by atoms with E-state index in [4.69, 9.17) is 16.9 Å². The first-order valence-corrected chi connectivity index (χ1v) is 9.01. The van der Waals surface area contributed by atoms with E-state index < -0.39 is 10.0 Å². The Labute approximate surface area is 136 Å². The van der Waals surface area contributed by atoms with Crippen LogP contribution in [-0.2, 0) is 10.0 Å². The highest BCUT2D eigenvalue weighted by Gasteiger charge is 2.16. The molecular weight excluding hydrogens is 324 g/mol. The minimum atomic E-state index is -3.60. The van der Waals surface area contributed by atoms with Crippen molar-refractivity contribution >= 4 is 21.6 Å². The molecule has 0 atom stereocenters. The molecule has 0 aliphatic carbocycles. The van der Waals surface area contributed by atoms with E-state index in [2.05, 4.69) is 14.9 Å². The molecule has 6 nitrogen and oxygen atoms in total. The van der Waals surface area contributed by atoms with Crippen LogP contribution in [0.4, 0.5) is 0 Å². The fourth-order valence-electron chi connectivity index (χ4n) is 2.28. The molecule has 120 valence electrons. The van der Waals surface area contributed by atoms with Gasteiger partial charge >= 0.3 is 0 Å². The fraction of sp³-hybridized carbons (Fsp3) is 0.500. The van der Waals surface area contributed by atoms with Gasteiger partial charge in [-0.2, -0.15) is 5.26 Å². The van der Waals surface area contributed by atoms with Crippen molar-refractivity contribution in [2.45, 2.75) is 11.3 Å². The number of rotatable bonds is 6. The van der Waals surface area contributed by atoms with Crippen molar-refractivity contribution in [2.75, 3.05) is 39.3 Å². The van der Waals surface area contributed by atoms with Gasteiger partial charge in [0.05, 0.1) is 15.5 Å². The van der Waals surface area contributed by atoms with Crippen molar-refractivity contribution < 1.29 is 8.42 Å². The first kappa shape index (κ1) is 17.2. The van der Waals surface area contributed by atoms with E-state index >= 15 is 0 Å². The van der Waals surface area contributed by atoms with Crippen molar-refractivity contribution in [3.8, 4) is 6.07 Å². The number of hydrogen-bond acceptors (Lipinski definition) is 5. The zero-order valence-electron chi connectivity index (χ0n) is 12.2. The summed E-state index contributed by atoms with van der Waals surface area (Å²) in [6.45, 7) is 5.19. The number of nitrogens with zero attached hydrogens (tertiary/aromatic N) is 2. The van der Waals surface area contributed by atoms with Crippen molar-refractivity contribution in [3.63, 3.8) is 0 Å². The molecule has 1 aliphatic rings. The van der Waals surface area contributed by atoms with E-state index in [1.165, 1.54) is 18.2 Å². The summed E-state index contributed by atoms with van der Waals surface area (Å²) < 4.78 is 26.9. The molecule has 1 saturated heterocycles.